The van der Waals surface area contributed by atoms with Gasteiger partial charge < -0.3 is 14.0 Å². The molecule has 0 aliphatic carbocycles. The van der Waals surface area contributed by atoms with E-state index in [0.717, 1.165) is 12.1 Å². The monoisotopic (exact) mass is 499 g/mol. The molecule has 12 heteroatoms. The quantitative estimate of drug-likeness (QED) is 0.378. The van der Waals surface area contributed by atoms with E-state index in [1.165, 1.54) is 42.5 Å². The summed E-state index contributed by atoms with van der Waals surface area (Å²) in [5.41, 5.74) is 1.18. The molecule has 2 amide bonds. The highest BCUT2D eigenvalue weighted by atomic mass is 19.3. The molecule has 2 aromatic carbocycles. The molecule has 0 aliphatic heterocycles. The Morgan fingerprint density at radius 1 is 1.06 bits per heavy atom. The second-order valence-electron chi connectivity index (χ2n) is 7.37. The lowest BCUT2D eigenvalue weighted by molar-refractivity contribution is -0.123. The van der Waals surface area contributed by atoms with Crippen LogP contribution in [0.3, 0.4) is 0 Å². The van der Waals surface area contributed by atoms with Crippen LogP contribution in [0.15, 0.2) is 59.1 Å². The minimum atomic E-state index is -3.02. The zero-order valence-electron chi connectivity index (χ0n) is 18.5. The van der Waals surface area contributed by atoms with Gasteiger partial charge in [-0.2, -0.15) is 8.78 Å². The smallest absolute Gasteiger partial charge is 0.387 e. The van der Waals surface area contributed by atoms with Crippen molar-refractivity contribution in [1.82, 2.24) is 15.5 Å². The molecule has 0 unspecified atom stereocenters. The number of alkyl halides is 2. The molecule has 0 fully saturated rings. The Kier molecular flexibility index (Phi) is 6.95. The number of halogens is 3. The first kappa shape index (κ1) is 24.4. The number of aromatic nitrogens is 2. The van der Waals surface area contributed by atoms with Gasteiger partial charge in [0, 0.05) is 11.1 Å². The molecule has 0 radical (unpaired) electrons. The summed E-state index contributed by atoms with van der Waals surface area (Å²) in [7, 11) is 0. The number of esters is 1. The van der Waals surface area contributed by atoms with E-state index in [4.69, 9.17) is 9.26 Å². The summed E-state index contributed by atoms with van der Waals surface area (Å²) in [6.07, 6.45) is 0. The van der Waals surface area contributed by atoms with Crippen LogP contribution in [-0.4, -0.2) is 41.1 Å². The van der Waals surface area contributed by atoms with E-state index in [1.54, 1.807) is 6.92 Å². The first-order valence-electron chi connectivity index (χ1n) is 10.3. The molecule has 0 bridgehead atoms. The van der Waals surface area contributed by atoms with Gasteiger partial charge >= 0.3 is 12.6 Å². The van der Waals surface area contributed by atoms with E-state index in [1.807, 2.05) is 5.32 Å². The van der Waals surface area contributed by atoms with Gasteiger partial charge in [-0.15, -0.1) is 0 Å². The Morgan fingerprint density at radius 2 is 1.75 bits per heavy atom. The molecule has 9 nitrogen and oxygen atoms in total. The summed E-state index contributed by atoms with van der Waals surface area (Å²) in [6.45, 7) is -2.22. The maximum atomic E-state index is 13.3. The highest BCUT2D eigenvalue weighted by molar-refractivity contribution is 6.07. The summed E-state index contributed by atoms with van der Waals surface area (Å²) >= 11 is 0. The first-order chi connectivity index (χ1) is 17.2. The average Bonchev–Trinajstić information content (AvgIpc) is 3.23. The summed E-state index contributed by atoms with van der Waals surface area (Å²) in [6, 6.07) is 11.4. The highest BCUT2D eigenvalue weighted by Gasteiger charge is 2.22. The van der Waals surface area contributed by atoms with Crippen LogP contribution in [0.1, 0.15) is 26.4 Å². The number of nitrogens with zero attached hydrogens (tertiary/aromatic N) is 2. The second-order valence-corrected chi connectivity index (χ2v) is 7.37. The van der Waals surface area contributed by atoms with Gasteiger partial charge in [-0.25, -0.2) is 14.2 Å². The number of hydrogen-bond donors (Lipinski definition) is 1. The van der Waals surface area contributed by atoms with E-state index >= 15 is 0 Å². The molecule has 0 saturated carbocycles. The van der Waals surface area contributed by atoms with Gasteiger partial charge in [0.1, 0.15) is 11.6 Å². The van der Waals surface area contributed by atoms with E-state index < -0.39 is 36.8 Å². The van der Waals surface area contributed by atoms with E-state index in [2.05, 4.69) is 14.9 Å². The number of imide groups is 1. The van der Waals surface area contributed by atoms with Gasteiger partial charge in [0.15, 0.2) is 6.61 Å². The molecule has 0 spiro atoms. The maximum absolute atomic E-state index is 13.3. The number of pyridine rings is 1. The van der Waals surface area contributed by atoms with Crippen molar-refractivity contribution in [2.45, 2.75) is 13.5 Å². The molecule has 4 aromatic rings. The number of hydrogen-bond acceptors (Lipinski definition) is 8. The van der Waals surface area contributed by atoms with Gasteiger partial charge in [0.05, 0.1) is 22.3 Å². The fourth-order valence-electron chi connectivity index (χ4n) is 3.26. The van der Waals surface area contributed by atoms with Crippen molar-refractivity contribution in [2.75, 3.05) is 6.61 Å². The molecular weight excluding hydrogens is 483 g/mol. The van der Waals surface area contributed by atoms with Gasteiger partial charge in [0.2, 0.25) is 0 Å². The van der Waals surface area contributed by atoms with Gasteiger partial charge in [-0.3, -0.25) is 14.9 Å². The van der Waals surface area contributed by atoms with E-state index in [-0.39, 0.29) is 33.7 Å². The molecule has 0 saturated heterocycles. The van der Waals surface area contributed by atoms with Crippen LogP contribution in [0, 0.1) is 12.7 Å². The standard InChI is InChI=1S/C24H16F3N3O6/c1-12-20-17(10-18(28-22(20)36-30-12)13-2-6-15(25)7-3-13)23(33)34-11-19(31)29-21(32)14-4-8-16(9-5-14)35-24(26)27/h2-10,24H,11H2,1H3,(H,29,31,32). The number of carbonyl (C=O) groups is 3. The number of rotatable bonds is 7. The Balaban J connectivity index is 1.45. The number of benzene rings is 2. The van der Waals surface area contributed by atoms with Gasteiger partial charge in [-0.05, 0) is 61.5 Å². The van der Waals surface area contributed by atoms with Crippen LogP contribution in [0.5, 0.6) is 5.75 Å². The molecule has 36 heavy (non-hydrogen) atoms. The summed E-state index contributed by atoms with van der Waals surface area (Å²) in [4.78, 5) is 41.5. The van der Waals surface area contributed by atoms with Crippen molar-refractivity contribution < 1.29 is 41.6 Å². The number of fused-ring (bicyclic) bond motifs is 1. The minimum Gasteiger partial charge on any atom is -0.452 e. The highest BCUT2D eigenvalue weighted by Crippen LogP contribution is 2.27. The first-order valence-corrected chi connectivity index (χ1v) is 10.3. The van der Waals surface area contributed by atoms with Crippen LogP contribution in [-0.2, 0) is 9.53 Å². The predicted octanol–water partition coefficient (Wildman–Crippen LogP) is 4.05. The third-order valence-electron chi connectivity index (χ3n) is 4.91. The predicted molar refractivity (Wildman–Crippen MR) is 118 cm³/mol. The van der Waals surface area contributed by atoms with Crippen molar-refractivity contribution >= 4 is 28.9 Å². The number of carbonyl (C=O) groups excluding carboxylic acids is 3. The molecular formula is C24H16F3N3O6. The minimum absolute atomic E-state index is 0.00355. The van der Waals surface area contributed by atoms with Crippen molar-refractivity contribution in [2.24, 2.45) is 0 Å². The van der Waals surface area contributed by atoms with Crippen LogP contribution in [0.25, 0.3) is 22.4 Å². The lowest BCUT2D eigenvalue weighted by Crippen LogP contribution is -2.34. The van der Waals surface area contributed by atoms with Crippen molar-refractivity contribution in [1.29, 1.82) is 0 Å². The number of aryl methyl sites for hydroxylation is 1. The summed E-state index contributed by atoms with van der Waals surface area (Å²) in [5, 5.41) is 6.10. The molecule has 184 valence electrons. The lowest BCUT2D eigenvalue weighted by atomic mass is 10.1. The van der Waals surface area contributed by atoms with Crippen molar-refractivity contribution in [3.63, 3.8) is 0 Å². The molecule has 2 aromatic heterocycles. The van der Waals surface area contributed by atoms with Gasteiger partial charge in [-0.1, -0.05) is 5.16 Å². The normalized spacial score (nSPS) is 10.9. The Labute approximate surface area is 200 Å². The lowest BCUT2D eigenvalue weighted by Gasteiger charge is -2.09. The van der Waals surface area contributed by atoms with E-state index in [9.17, 15) is 27.6 Å². The van der Waals surface area contributed by atoms with Crippen LogP contribution < -0.4 is 10.1 Å². The number of nitrogens with one attached hydrogen (secondary N) is 1. The molecule has 1 N–H and O–H groups in total. The third-order valence-corrected chi connectivity index (χ3v) is 4.91. The fourth-order valence-corrected chi connectivity index (χ4v) is 3.26. The Morgan fingerprint density at radius 3 is 2.42 bits per heavy atom. The zero-order valence-corrected chi connectivity index (χ0v) is 18.5. The summed E-state index contributed by atoms with van der Waals surface area (Å²) in [5.74, 6) is -3.28. The maximum Gasteiger partial charge on any atom is 0.387 e. The largest absolute Gasteiger partial charge is 0.452 e. The SMILES string of the molecule is Cc1noc2nc(-c3ccc(F)cc3)cc(C(=O)OCC(=O)NC(=O)c3ccc(OC(F)F)cc3)c12. The van der Waals surface area contributed by atoms with Crippen LogP contribution in [0.2, 0.25) is 0 Å². The zero-order chi connectivity index (χ0) is 25.8. The summed E-state index contributed by atoms with van der Waals surface area (Å²) < 4.78 is 52.2. The third kappa shape index (κ3) is 5.49. The molecule has 0 aliphatic rings. The molecule has 4 rings (SSSR count). The second kappa shape index (κ2) is 10.3. The van der Waals surface area contributed by atoms with Crippen molar-refractivity contribution in [3.05, 3.63) is 77.2 Å². The molecule has 2 heterocycles. The Bertz CT molecular complexity index is 1440. The Hall–Kier alpha value is -4.74. The number of ether oxygens (including phenoxy) is 2. The van der Waals surface area contributed by atoms with Crippen molar-refractivity contribution in [3.8, 4) is 17.0 Å². The van der Waals surface area contributed by atoms with Gasteiger partial charge in [0.25, 0.3) is 17.5 Å². The molecule has 0 atom stereocenters. The fraction of sp³-hybridized carbons (Fsp3) is 0.125. The average molecular weight is 499 g/mol. The van der Waals surface area contributed by atoms with Crippen LogP contribution >= 0.6 is 0 Å². The topological polar surface area (TPSA) is 121 Å². The van der Waals surface area contributed by atoms with Crippen LogP contribution in [0.4, 0.5) is 13.2 Å². The van der Waals surface area contributed by atoms with E-state index in [0.29, 0.717) is 11.3 Å². The number of amides is 2.